The number of aliphatic hydroxyl groups is 1. The second-order valence-electron chi connectivity index (χ2n) is 5.48. The first-order chi connectivity index (χ1) is 9.78. The molecule has 0 amide bonds. The molecule has 0 heterocycles. The van der Waals surface area contributed by atoms with Crippen LogP contribution in [-0.2, 0) is 10.0 Å². The Labute approximate surface area is 127 Å². The molecule has 21 heavy (non-hydrogen) atoms. The summed E-state index contributed by atoms with van der Waals surface area (Å²) in [7, 11) is -1.87. The molecule has 1 N–H and O–H groups in total. The molecule has 0 saturated carbocycles. The topological polar surface area (TPSA) is 57.6 Å². The third-order valence-corrected chi connectivity index (χ3v) is 5.26. The van der Waals surface area contributed by atoms with E-state index in [4.69, 9.17) is 5.11 Å². The van der Waals surface area contributed by atoms with Gasteiger partial charge in [-0.25, -0.2) is 8.42 Å². The molecule has 0 aliphatic carbocycles. The number of hydrogen-bond acceptors (Lipinski definition) is 3. The fourth-order valence-electron chi connectivity index (χ4n) is 2.09. The van der Waals surface area contributed by atoms with E-state index in [1.165, 1.54) is 4.31 Å². The normalized spacial score (nSPS) is 13.1. The van der Waals surface area contributed by atoms with Crippen LogP contribution in [0.4, 0.5) is 0 Å². The van der Waals surface area contributed by atoms with E-state index in [0.717, 1.165) is 6.42 Å². The number of rotatable bonds is 5. The summed E-state index contributed by atoms with van der Waals surface area (Å²) >= 11 is 0. The van der Waals surface area contributed by atoms with Gasteiger partial charge in [0, 0.05) is 18.7 Å². The first-order valence-corrected chi connectivity index (χ1v) is 8.41. The average Bonchev–Trinajstić information content (AvgIpc) is 2.43. The fraction of sp³-hybridized carbons (Fsp3) is 0.500. The van der Waals surface area contributed by atoms with Crippen molar-refractivity contribution in [2.45, 2.75) is 38.1 Å². The zero-order valence-corrected chi connectivity index (χ0v) is 13.8. The van der Waals surface area contributed by atoms with Gasteiger partial charge in [-0.3, -0.25) is 0 Å². The molecule has 0 bridgehead atoms. The molecule has 1 unspecified atom stereocenters. The third-order valence-electron chi connectivity index (χ3n) is 3.28. The van der Waals surface area contributed by atoms with Crippen molar-refractivity contribution >= 4 is 10.0 Å². The molecule has 0 spiro atoms. The molecular formula is C16H23NO3S. The first-order valence-electron chi connectivity index (χ1n) is 6.97. The smallest absolute Gasteiger partial charge is 0.243 e. The van der Waals surface area contributed by atoms with E-state index in [1.54, 1.807) is 31.3 Å². The molecule has 0 aromatic heterocycles. The predicted octanol–water partition coefficient (Wildman–Crippen LogP) is 2.09. The van der Waals surface area contributed by atoms with Gasteiger partial charge < -0.3 is 5.11 Å². The highest BCUT2D eigenvalue weighted by atomic mass is 32.2. The highest BCUT2D eigenvalue weighted by Crippen LogP contribution is 2.20. The summed E-state index contributed by atoms with van der Waals surface area (Å²) in [6.45, 7) is 5.85. The SMILES string of the molecule is CC(C)CC(C)N(C)S(=O)(=O)c1ccc(C#CCO)cc1. The lowest BCUT2D eigenvalue weighted by Crippen LogP contribution is -2.35. The lowest BCUT2D eigenvalue weighted by molar-refractivity contribution is 0.338. The summed E-state index contributed by atoms with van der Waals surface area (Å²) in [4.78, 5) is 0.259. The molecule has 4 nitrogen and oxygen atoms in total. The van der Waals surface area contributed by atoms with Gasteiger partial charge in [-0.2, -0.15) is 4.31 Å². The molecular weight excluding hydrogens is 286 g/mol. The van der Waals surface area contributed by atoms with Crippen molar-refractivity contribution in [3.05, 3.63) is 29.8 Å². The minimum absolute atomic E-state index is 0.0520. The molecule has 116 valence electrons. The van der Waals surface area contributed by atoms with Crippen LogP contribution in [0, 0.1) is 17.8 Å². The summed E-state index contributed by atoms with van der Waals surface area (Å²) in [5.74, 6) is 5.71. The van der Waals surface area contributed by atoms with Crippen LogP contribution >= 0.6 is 0 Å². The predicted molar refractivity (Wildman–Crippen MR) is 84.3 cm³/mol. The Morgan fingerprint density at radius 2 is 1.76 bits per heavy atom. The first kappa shape index (κ1) is 17.7. The monoisotopic (exact) mass is 309 g/mol. The molecule has 1 aromatic rings. The lowest BCUT2D eigenvalue weighted by Gasteiger charge is -2.25. The maximum absolute atomic E-state index is 12.5. The van der Waals surface area contributed by atoms with Crippen LogP contribution < -0.4 is 0 Å². The van der Waals surface area contributed by atoms with Crippen LogP contribution in [-0.4, -0.2) is 37.5 Å². The summed E-state index contributed by atoms with van der Waals surface area (Å²) in [5, 5.41) is 8.64. The second-order valence-corrected chi connectivity index (χ2v) is 7.48. The number of benzene rings is 1. The van der Waals surface area contributed by atoms with Crippen LogP contribution in [0.25, 0.3) is 0 Å². The number of sulfonamides is 1. The van der Waals surface area contributed by atoms with E-state index >= 15 is 0 Å². The quantitative estimate of drug-likeness (QED) is 0.847. The maximum atomic E-state index is 12.5. The molecule has 0 aliphatic rings. The zero-order chi connectivity index (χ0) is 16.0. The molecule has 5 heteroatoms. The van der Waals surface area contributed by atoms with Crippen molar-refractivity contribution in [2.24, 2.45) is 5.92 Å². The Balaban J connectivity index is 2.97. The van der Waals surface area contributed by atoms with Crippen molar-refractivity contribution < 1.29 is 13.5 Å². The average molecular weight is 309 g/mol. The summed E-state index contributed by atoms with van der Waals surface area (Å²) in [5.41, 5.74) is 0.681. The Morgan fingerprint density at radius 1 is 1.19 bits per heavy atom. The van der Waals surface area contributed by atoms with E-state index in [2.05, 4.69) is 25.7 Å². The fourth-order valence-corrected chi connectivity index (χ4v) is 3.46. The van der Waals surface area contributed by atoms with E-state index < -0.39 is 10.0 Å². The molecule has 1 rings (SSSR count). The Bertz CT molecular complexity index is 609. The molecule has 1 atom stereocenters. The van der Waals surface area contributed by atoms with Gasteiger partial charge in [-0.1, -0.05) is 25.7 Å². The third kappa shape index (κ3) is 4.85. The van der Waals surface area contributed by atoms with Crippen molar-refractivity contribution in [3.8, 4) is 11.8 Å². The summed E-state index contributed by atoms with van der Waals surface area (Å²) in [6.07, 6.45) is 0.815. The molecule has 0 fully saturated rings. The van der Waals surface area contributed by atoms with Gasteiger partial charge in [0.15, 0.2) is 0 Å². The molecule has 0 radical (unpaired) electrons. The minimum atomic E-state index is -3.49. The Hall–Kier alpha value is -1.35. The van der Waals surface area contributed by atoms with Crippen molar-refractivity contribution in [2.75, 3.05) is 13.7 Å². The summed E-state index contributed by atoms with van der Waals surface area (Å²) in [6, 6.07) is 6.35. The largest absolute Gasteiger partial charge is 0.384 e. The molecule has 0 saturated heterocycles. The minimum Gasteiger partial charge on any atom is -0.384 e. The highest BCUT2D eigenvalue weighted by Gasteiger charge is 2.25. The van der Waals surface area contributed by atoms with Crippen LogP contribution in [0.15, 0.2) is 29.2 Å². The van der Waals surface area contributed by atoms with Gasteiger partial charge in [0.1, 0.15) is 6.61 Å². The Kier molecular flexibility index (Phi) is 6.41. The highest BCUT2D eigenvalue weighted by molar-refractivity contribution is 7.89. The number of hydrogen-bond donors (Lipinski definition) is 1. The van der Waals surface area contributed by atoms with Crippen molar-refractivity contribution in [1.29, 1.82) is 0 Å². The molecule has 0 aliphatic heterocycles. The van der Waals surface area contributed by atoms with Gasteiger partial charge in [-0.05, 0) is 43.5 Å². The van der Waals surface area contributed by atoms with Crippen molar-refractivity contribution in [3.63, 3.8) is 0 Å². The number of nitrogens with zero attached hydrogens (tertiary/aromatic N) is 1. The summed E-state index contributed by atoms with van der Waals surface area (Å²) < 4.78 is 26.5. The van der Waals surface area contributed by atoms with Gasteiger partial charge in [0.05, 0.1) is 4.90 Å². The van der Waals surface area contributed by atoms with Gasteiger partial charge >= 0.3 is 0 Å². The van der Waals surface area contributed by atoms with E-state index in [1.807, 2.05) is 6.92 Å². The zero-order valence-electron chi connectivity index (χ0n) is 13.0. The van der Waals surface area contributed by atoms with E-state index in [9.17, 15) is 8.42 Å². The Morgan fingerprint density at radius 3 is 2.24 bits per heavy atom. The van der Waals surface area contributed by atoms with Crippen LogP contribution in [0.5, 0.6) is 0 Å². The van der Waals surface area contributed by atoms with E-state index in [-0.39, 0.29) is 17.5 Å². The van der Waals surface area contributed by atoms with Crippen LogP contribution in [0.3, 0.4) is 0 Å². The molecule has 1 aromatic carbocycles. The standard InChI is InChI=1S/C16H23NO3S/c1-13(2)12-14(3)17(4)21(19,20)16-9-7-15(8-10-16)6-5-11-18/h7-10,13-14,18H,11-12H2,1-4H3. The second kappa shape index (κ2) is 7.60. The lowest BCUT2D eigenvalue weighted by atomic mass is 10.1. The maximum Gasteiger partial charge on any atom is 0.243 e. The van der Waals surface area contributed by atoms with Gasteiger partial charge in [-0.15, -0.1) is 0 Å². The van der Waals surface area contributed by atoms with Gasteiger partial charge in [0.2, 0.25) is 10.0 Å². The van der Waals surface area contributed by atoms with Crippen LogP contribution in [0.2, 0.25) is 0 Å². The van der Waals surface area contributed by atoms with Crippen molar-refractivity contribution in [1.82, 2.24) is 4.31 Å². The van der Waals surface area contributed by atoms with Gasteiger partial charge in [0.25, 0.3) is 0 Å². The van der Waals surface area contributed by atoms with Crippen LogP contribution in [0.1, 0.15) is 32.8 Å². The van der Waals surface area contributed by atoms with E-state index in [0.29, 0.717) is 11.5 Å². The number of aliphatic hydroxyl groups excluding tert-OH is 1.